The zero-order chi connectivity index (χ0) is 24.5. The molecule has 34 heavy (non-hydrogen) atoms. The van der Waals surface area contributed by atoms with Gasteiger partial charge in [0.1, 0.15) is 0 Å². The number of benzene rings is 3. The first-order chi connectivity index (χ1) is 16.5. The van der Waals surface area contributed by atoms with Crippen molar-refractivity contribution in [2.75, 3.05) is 0 Å². The Morgan fingerprint density at radius 1 is 0.706 bits per heavy atom. The molecule has 176 valence electrons. The lowest BCUT2D eigenvalue weighted by Crippen LogP contribution is -1.92. The fourth-order valence-electron chi connectivity index (χ4n) is 4.32. The van der Waals surface area contributed by atoms with Gasteiger partial charge in [0, 0.05) is 5.02 Å². The molecule has 0 N–H and O–H groups in total. The van der Waals surface area contributed by atoms with E-state index < -0.39 is 0 Å². The molecule has 3 aromatic rings. The van der Waals surface area contributed by atoms with Crippen molar-refractivity contribution in [1.29, 1.82) is 0 Å². The van der Waals surface area contributed by atoms with Crippen LogP contribution < -0.4 is 0 Å². The first kappa shape index (κ1) is 25.8. The van der Waals surface area contributed by atoms with E-state index in [1.54, 1.807) is 0 Å². The third kappa shape index (κ3) is 6.39. The van der Waals surface area contributed by atoms with Gasteiger partial charge in [-0.15, -0.1) is 0 Å². The fourth-order valence-corrected chi connectivity index (χ4v) is 4.58. The van der Waals surface area contributed by atoms with E-state index in [-0.39, 0.29) is 0 Å². The highest BCUT2D eigenvalue weighted by atomic mass is 35.5. The van der Waals surface area contributed by atoms with E-state index in [4.69, 9.17) is 11.6 Å². The molecule has 0 radical (unpaired) electrons. The first-order valence-corrected chi connectivity index (χ1v) is 12.7. The lowest BCUT2D eigenvalue weighted by atomic mass is 9.93. The molecule has 0 aliphatic heterocycles. The average Bonchev–Trinajstić information content (AvgIpc) is 2.87. The van der Waals surface area contributed by atoms with Crippen molar-refractivity contribution < 1.29 is 0 Å². The second-order valence-electron chi connectivity index (χ2n) is 8.95. The summed E-state index contributed by atoms with van der Waals surface area (Å²) in [5.41, 5.74) is 11.3. The monoisotopic (exact) mass is 468 g/mol. The number of aryl methyl sites for hydroxylation is 2. The number of rotatable bonds is 9. The predicted molar refractivity (Wildman–Crippen MR) is 152 cm³/mol. The maximum Gasteiger partial charge on any atom is 0.0473 e. The highest BCUT2D eigenvalue weighted by molar-refractivity contribution is 6.32. The molecule has 3 rings (SSSR count). The molecule has 0 spiro atoms. The fraction of sp³-hybridized carbons (Fsp3) is 0.273. The predicted octanol–water partition coefficient (Wildman–Crippen LogP) is 10.3. The van der Waals surface area contributed by atoms with Crippen molar-refractivity contribution >= 4 is 22.7 Å². The van der Waals surface area contributed by atoms with Crippen LogP contribution in [0.4, 0.5) is 0 Å². The molecule has 0 aliphatic rings. The van der Waals surface area contributed by atoms with Crippen LogP contribution in [0.25, 0.3) is 22.3 Å². The van der Waals surface area contributed by atoms with Crippen molar-refractivity contribution in [3.8, 4) is 11.1 Å². The smallest absolute Gasteiger partial charge is 0.0473 e. The Hall–Kier alpha value is -2.83. The van der Waals surface area contributed by atoms with Crippen molar-refractivity contribution in [2.24, 2.45) is 0 Å². The molecule has 0 fully saturated rings. The molecule has 0 aromatic heterocycles. The van der Waals surface area contributed by atoms with Gasteiger partial charge in [0.15, 0.2) is 0 Å². The summed E-state index contributed by atoms with van der Waals surface area (Å²) in [4.78, 5) is 0. The number of hydrogen-bond donors (Lipinski definition) is 0. The summed E-state index contributed by atoms with van der Waals surface area (Å²) in [5.74, 6) is 0. The standard InChI is InChI=1S/C33H37Cl/c1-6-8-10-12-27-14-16-28(17-15-27)24(3)25(4)29-18-20-30(21-19-29)32-23-22-31(13-11-9-7-2)33(34)26(32)5/h6-9,14-23H,10-13H2,1-5H3/b8-6+,9-7+,25-24+. The summed E-state index contributed by atoms with van der Waals surface area (Å²) >= 11 is 6.73. The second kappa shape index (κ2) is 12.6. The molecule has 0 atom stereocenters. The van der Waals surface area contributed by atoms with E-state index in [2.05, 4.69) is 120 Å². The van der Waals surface area contributed by atoms with Crippen molar-refractivity contribution in [1.82, 2.24) is 0 Å². The quantitative estimate of drug-likeness (QED) is 0.216. The van der Waals surface area contributed by atoms with E-state index in [9.17, 15) is 0 Å². The van der Waals surface area contributed by atoms with Gasteiger partial charge in [0.25, 0.3) is 0 Å². The van der Waals surface area contributed by atoms with Crippen LogP contribution in [-0.2, 0) is 12.8 Å². The van der Waals surface area contributed by atoms with Crippen molar-refractivity contribution in [3.63, 3.8) is 0 Å². The first-order valence-electron chi connectivity index (χ1n) is 12.3. The SMILES string of the molecule is C/C=C/CCc1ccc(/C(C)=C(\C)c2ccc(-c3ccc(CC/C=C/C)c(Cl)c3C)cc2)cc1. The molecule has 1 heteroatoms. The van der Waals surface area contributed by atoms with E-state index in [0.717, 1.165) is 36.3 Å². The molecule has 0 aliphatic carbocycles. The normalized spacial score (nSPS) is 12.5. The van der Waals surface area contributed by atoms with Crippen LogP contribution in [0.15, 0.2) is 85.0 Å². The minimum absolute atomic E-state index is 0.896. The number of hydrogen-bond acceptors (Lipinski definition) is 0. The van der Waals surface area contributed by atoms with Gasteiger partial charge < -0.3 is 0 Å². The van der Waals surface area contributed by atoms with Gasteiger partial charge in [-0.25, -0.2) is 0 Å². The Balaban J connectivity index is 1.79. The summed E-state index contributed by atoms with van der Waals surface area (Å²) in [6.07, 6.45) is 12.8. The van der Waals surface area contributed by atoms with E-state index in [1.807, 2.05) is 0 Å². The minimum Gasteiger partial charge on any atom is -0.0917 e. The summed E-state index contributed by atoms with van der Waals surface area (Å²) < 4.78 is 0. The Morgan fingerprint density at radius 3 is 1.79 bits per heavy atom. The lowest BCUT2D eigenvalue weighted by molar-refractivity contribution is 0.997. The van der Waals surface area contributed by atoms with Gasteiger partial charge in [-0.2, -0.15) is 0 Å². The molecule has 3 aromatic carbocycles. The Kier molecular flexibility index (Phi) is 9.54. The van der Waals surface area contributed by atoms with Gasteiger partial charge in [-0.05, 0) is 110 Å². The summed E-state index contributed by atoms with van der Waals surface area (Å²) in [7, 11) is 0. The highest BCUT2D eigenvalue weighted by Gasteiger charge is 2.10. The van der Waals surface area contributed by atoms with Gasteiger partial charge >= 0.3 is 0 Å². The largest absolute Gasteiger partial charge is 0.0917 e. The van der Waals surface area contributed by atoms with Crippen molar-refractivity contribution in [3.05, 3.63) is 118 Å². The Bertz CT molecular complexity index is 1170. The molecule has 0 bridgehead atoms. The van der Waals surface area contributed by atoms with Crippen LogP contribution in [0.2, 0.25) is 5.02 Å². The highest BCUT2D eigenvalue weighted by Crippen LogP contribution is 2.33. The number of allylic oxidation sites excluding steroid dienone is 6. The van der Waals surface area contributed by atoms with Gasteiger partial charge in [-0.1, -0.05) is 96.6 Å². The zero-order valence-corrected chi connectivity index (χ0v) is 22.0. The summed E-state index contributed by atoms with van der Waals surface area (Å²) in [5, 5.41) is 0.896. The molecule has 0 unspecified atom stereocenters. The molecule has 0 saturated carbocycles. The third-order valence-electron chi connectivity index (χ3n) is 6.70. The Labute approximate surface area is 211 Å². The van der Waals surface area contributed by atoms with Crippen LogP contribution >= 0.6 is 11.6 Å². The van der Waals surface area contributed by atoms with Crippen LogP contribution in [0.5, 0.6) is 0 Å². The van der Waals surface area contributed by atoms with E-state index in [1.165, 1.54) is 44.5 Å². The third-order valence-corrected chi connectivity index (χ3v) is 7.22. The van der Waals surface area contributed by atoms with E-state index in [0.29, 0.717) is 0 Å². The van der Waals surface area contributed by atoms with Crippen LogP contribution in [0, 0.1) is 6.92 Å². The lowest BCUT2D eigenvalue weighted by Gasteiger charge is -2.14. The maximum atomic E-state index is 6.73. The molecular formula is C33H37Cl. The zero-order valence-electron chi connectivity index (χ0n) is 21.3. The minimum atomic E-state index is 0.896. The topological polar surface area (TPSA) is 0 Å². The average molecular weight is 469 g/mol. The molecule has 0 amide bonds. The maximum absolute atomic E-state index is 6.73. The van der Waals surface area contributed by atoms with Crippen molar-refractivity contribution in [2.45, 2.75) is 60.3 Å². The molecular weight excluding hydrogens is 432 g/mol. The summed E-state index contributed by atoms with van der Waals surface area (Å²) in [6.45, 7) is 10.7. The second-order valence-corrected chi connectivity index (χ2v) is 9.33. The Morgan fingerprint density at radius 2 is 1.24 bits per heavy atom. The molecule has 0 saturated heterocycles. The number of halogens is 1. The van der Waals surface area contributed by atoms with Crippen LogP contribution in [-0.4, -0.2) is 0 Å². The van der Waals surface area contributed by atoms with Crippen LogP contribution in [0.3, 0.4) is 0 Å². The van der Waals surface area contributed by atoms with E-state index >= 15 is 0 Å². The van der Waals surface area contributed by atoms with Gasteiger partial charge in [0.05, 0.1) is 0 Å². The molecule has 0 heterocycles. The molecule has 0 nitrogen and oxygen atoms in total. The van der Waals surface area contributed by atoms with Crippen LogP contribution in [0.1, 0.15) is 68.4 Å². The van der Waals surface area contributed by atoms with Gasteiger partial charge in [0.2, 0.25) is 0 Å². The summed E-state index contributed by atoms with van der Waals surface area (Å²) in [6, 6.07) is 22.3. The van der Waals surface area contributed by atoms with Gasteiger partial charge in [-0.3, -0.25) is 0 Å².